The van der Waals surface area contributed by atoms with E-state index in [1.807, 2.05) is 36.6 Å². The molecule has 0 atom stereocenters. The Morgan fingerprint density at radius 1 is 1.25 bits per heavy atom. The number of nitrogens with zero attached hydrogens (tertiary/aromatic N) is 5. The zero-order valence-corrected chi connectivity index (χ0v) is 13.4. The third-order valence-corrected chi connectivity index (χ3v) is 3.61. The van der Waals surface area contributed by atoms with Crippen molar-refractivity contribution < 1.29 is 9.66 Å². The molecule has 3 aromatic rings. The van der Waals surface area contributed by atoms with Gasteiger partial charge in [-0.25, -0.2) is 4.98 Å². The number of ether oxygens (including phenoxy) is 1. The fourth-order valence-corrected chi connectivity index (χ4v) is 2.40. The summed E-state index contributed by atoms with van der Waals surface area (Å²) in [4.78, 5) is 14.9. The summed E-state index contributed by atoms with van der Waals surface area (Å²) in [6.07, 6.45) is 1.85. The highest BCUT2D eigenvalue weighted by Crippen LogP contribution is 2.33. The predicted molar refractivity (Wildman–Crippen MR) is 88.5 cm³/mol. The van der Waals surface area contributed by atoms with E-state index in [0.29, 0.717) is 11.6 Å². The number of methoxy groups -OCH3 is 1. The van der Waals surface area contributed by atoms with Crippen LogP contribution in [-0.4, -0.2) is 21.4 Å². The highest BCUT2D eigenvalue weighted by Gasteiger charge is 2.13. The molecule has 0 aliphatic heterocycles. The van der Waals surface area contributed by atoms with Gasteiger partial charge < -0.3 is 4.74 Å². The number of imidazole rings is 1. The molecule has 0 bridgehead atoms. The van der Waals surface area contributed by atoms with Crippen LogP contribution < -0.4 is 4.74 Å². The zero-order valence-electron chi connectivity index (χ0n) is 13.4. The van der Waals surface area contributed by atoms with Gasteiger partial charge in [-0.3, -0.25) is 14.5 Å². The molecule has 0 N–H and O–H groups in total. The number of aryl methyl sites for hydroxylation is 2. The Hall–Kier alpha value is -3.29. The summed E-state index contributed by atoms with van der Waals surface area (Å²) >= 11 is 0. The topological polar surface area (TPSA) is 94.4 Å². The first-order chi connectivity index (χ1) is 11.5. The van der Waals surface area contributed by atoms with Crippen molar-refractivity contribution in [1.29, 1.82) is 0 Å². The van der Waals surface area contributed by atoms with Crippen molar-refractivity contribution in [2.24, 2.45) is 10.2 Å². The number of aromatic nitrogens is 2. The van der Waals surface area contributed by atoms with Crippen molar-refractivity contribution in [2.45, 2.75) is 13.8 Å². The van der Waals surface area contributed by atoms with Gasteiger partial charge in [-0.2, -0.15) is 0 Å². The van der Waals surface area contributed by atoms with Gasteiger partial charge in [0, 0.05) is 18.3 Å². The summed E-state index contributed by atoms with van der Waals surface area (Å²) in [6, 6.07) is 8.05. The number of azo groups is 1. The van der Waals surface area contributed by atoms with Gasteiger partial charge in [-0.05, 0) is 31.5 Å². The molecule has 0 aliphatic carbocycles. The van der Waals surface area contributed by atoms with E-state index < -0.39 is 4.92 Å². The minimum Gasteiger partial charge on any atom is -0.494 e. The van der Waals surface area contributed by atoms with Crippen LogP contribution in [0.15, 0.2) is 46.8 Å². The van der Waals surface area contributed by atoms with E-state index in [-0.39, 0.29) is 11.4 Å². The molecule has 122 valence electrons. The Morgan fingerprint density at radius 2 is 2.04 bits per heavy atom. The zero-order chi connectivity index (χ0) is 17.3. The maximum absolute atomic E-state index is 10.9. The molecule has 0 fully saturated rings. The average molecular weight is 325 g/mol. The van der Waals surface area contributed by atoms with E-state index in [1.165, 1.54) is 25.3 Å². The van der Waals surface area contributed by atoms with Crippen LogP contribution >= 0.6 is 0 Å². The fourth-order valence-electron chi connectivity index (χ4n) is 2.40. The van der Waals surface area contributed by atoms with Gasteiger partial charge in [0.2, 0.25) is 0 Å². The van der Waals surface area contributed by atoms with Crippen LogP contribution in [0.3, 0.4) is 0 Å². The molecule has 0 saturated heterocycles. The molecule has 0 unspecified atom stereocenters. The van der Waals surface area contributed by atoms with Gasteiger partial charge in [0.25, 0.3) is 5.69 Å². The quantitative estimate of drug-likeness (QED) is 0.406. The van der Waals surface area contributed by atoms with E-state index in [0.717, 1.165) is 16.9 Å². The molecule has 0 spiro atoms. The molecular formula is C16H15N5O3. The highest BCUT2D eigenvalue weighted by molar-refractivity contribution is 5.59. The molecule has 2 aromatic heterocycles. The molecule has 8 heteroatoms. The molecule has 1 aromatic carbocycles. The van der Waals surface area contributed by atoms with Crippen LogP contribution in [0.1, 0.15) is 11.3 Å². The lowest BCUT2D eigenvalue weighted by molar-refractivity contribution is -0.384. The lowest BCUT2D eigenvalue weighted by Gasteiger charge is -2.03. The average Bonchev–Trinajstić information content (AvgIpc) is 2.89. The number of hydrogen-bond acceptors (Lipinski definition) is 6. The normalized spacial score (nSPS) is 11.3. The molecule has 0 radical (unpaired) electrons. The Labute approximate surface area is 137 Å². The van der Waals surface area contributed by atoms with E-state index in [4.69, 9.17) is 4.74 Å². The van der Waals surface area contributed by atoms with Gasteiger partial charge in [0.05, 0.1) is 17.7 Å². The van der Waals surface area contributed by atoms with Crippen LogP contribution in [0.4, 0.5) is 17.2 Å². The van der Waals surface area contributed by atoms with Crippen LogP contribution in [0.2, 0.25) is 0 Å². The summed E-state index contributed by atoms with van der Waals surface area (Å²) in [5.41, 5.74) is 2.76. The number of rotatable bonds is 4. The minimum atomic E-state index is -0.485. The second kappa shape index (κ2) is 6.07. The summed E-state index contributed by atoms with van der Waals surface area (Å²) in [5.74, 6) is 0.981. The first-order valence-corrected chi connectivity index (χ1v) is 7.19. The van der Waals surface area contributed by atoms with Crippen LogP contribution in [-0.2, 0) is 0 Å². The lowest BCUT2D eigenvalue weighted by Crippen LogP contribution is -1.89. The van der Waals surface area contributed by atoms with E-state index in [2.05, 4.69) is 15.2 Å². The van der Waals surface area contributed by atoms with Crippen LogP contribution in [0.25, 0.3) is 5.65 Å². The van der Waals surface area contributed by atoms with Gasteiger partial charge in [-0.1, -0.05) is 6.07 Å². The standard InChI is InChI=1S/C16H15N5O3/c1-10-5-4-8-20-15(10)17-11(2)16(20)19-18-13-9-12(21(22)23)6-7-14(13)24-3/h4-9H,1-3H3. The van der Waals surface area contributed by atoms with E-state index >= 15 is 0 Å². The summed E-state index contributed by atoms with van der Waals surface area (Å²) < 4.78 is 7.02. The molecular weight excluding hydrogens is 310 g/mol. The van der Waals surface area contributed by atoms with Crippen molar-refractivity contribution in [1.82, 2.24) is 9.38 Å². The number of pyridine rings is 1. The summed E-state index contributed by atoms with van der Waals surface area (Å²) in [5, 5.41) is 19.3. The molecule has 3 rings (SSSR count). The number of nitro benzene ring substituents is 1. The van der Waals surface area contributed by atoms with Crippen molar-refractivity contribution in [3.8, 4) is 5.75 Å². The van der Waals surface area contributed by atoms with E-state index in [9.17, 15) is 10.1 Å². The minimum absolute atomic E-state index is 0.0736. The molecule has 8 nitrogen and oxygen atoms in total. The Bertz CT molecular complexity index is 962. The maximum atomic E-state index is 10.9. The van der Waals surface area contributed by atoms with E-state index in [1.54, 1.807) is 0 Å². The SMILES string of the molecule is COc1ccc([N+](=O)[O-])cc1N=Nc1c(C)nc2c(C)cccn12. The highest BCUT2D eigenvalue weighted by atomic mass is 16.6. The Balaban J connectivity index is 2.09. The monoisotopic (exact) mass is 325 g/mol. The van der Waals surface area contributed by atoms with Gasteiger partial charge in [-0.15, -0.1) is 10.2 Å². The second-order valence-corrected chi connectivity index (χ2v) is 5.22. The van der Waals surface area contributed by atoms with Crippen LogP contribution in [0.5, 0.6) is 5.75 Å². The third kappa shape index (κ3) is 2.69. The second-order valence-electron chi connectivity index (χ2n) is 5.22. The smallest absolute Gasteiger partial charge is 0.271 e. The largest absolute Gasteiger partial charge is 0.494 e. The fraction of sp³-hybridized carbons (Fsp3) is 0.188. The Morgan fingerprint density at radius 3 is 2.75 bits per heavy atom. The number of hydrogen-bond donors (Lipinski definition) is 0. The maximum Gasteiger partial charge on any atom is 0.271 e. The van der Waals surface area contributed by atoms with Gasteiger partial charge in [0.15, 0.2) is 5.82 Å². The number of non-ortho nitro benzene ring substituents is 1. The number of nitro groups is 1. The first kappa shape index (κ1) is 15.6. The number of fused-ring (bicyclic) bond motifs is 1. The lowest BCUT2D eigenvalue weighted by atomic mass is 10.2. The molecule has 24 heavy (non-hydrogen) atoms. The molecule has 2 heterocycles. The van der Waals surface area contributed by atoms with Crippen molar-refractivity contribution in [3.63, 3.8) is 0 Å². The molecule has 0 amide bonds. The Kier molecular flexibility index (Phi) is 3.95. The van der Waals surface area contributed by atoms with Gasteiger partial charge >= 0.3 is 0 Å². The van der Waals surface area contributed by atoms with Crippen molar-refractivity contribution in [2.75, 3.05) is 7.11 Å². The third-order valence-electron chi connectivity index (χ3n) is 3.61. The first-order valence-electron chi connectivity index (χ1n) is 7.19. The van der Waals surface area contributed by atoms with Crippen molar-refractivity contribution in [3.05, 3.63) is 57.9 Å². The van der Waals surface area contributed by atoms with Crippen LogP contribution in [0, 0.1) is 24.0 Å². The van der Waals surface area contributed by atoms with Gasteiger partial charge in [0.1, 0.15) is 17.1 Å². The molecule has 0 aliphatic rings. The van der Waals surface area contributed by atoms with Crippen molar-refractivity contribution >= 4 is 22.8 Å². The summed E-state index contributed by atoms with van der Waals surface area (Å²) in [7, 11) is 1.48. The number of benzene rings is 1. The summed E-state index contributed by atoms with van der Waals surface area (Å²) in [6.45, 7) is 3.80. The molecule has 0 saturated carbocycles. The predicted octanol–water partition coefficient (Wildman–Crippen LogP) is 4.28.